The van der Waals surface area contributed by atoms with Crippen molar-refractivity contribution in [2.75, 3.05) is 39.6 Å². The molecular weight excluding hydrogens is 1190 g/mol. The van der Waals surface area contributed by atoms with Crippen molar-refractivity contribution in [3.63, 3.8) is 0 Å². The molecule has 0 bridgehead atoms. The molecule has 17 nitrogen and oxygen atoms in total. The third-order valence-electron chi connectivity index (χ3n) is 16.5. The van der Waals surface area contributed by atoms with Gasteiger partial charge in [0.25, 0.3) is 0 Å². The third kappa shape index (κ3) is 64.8. The number of aliphatic hydroxyl groups is 1. The molecule has 0 saturated carbocycles. The van der Waals surface area contributed by atoms with E-state index in [1.165, 1.54) is 167 Å². The zero-order chi connectivity index (χ0) is 66.5. The summed E-state index contributed by atoms with van der Waals surface area (Å²) in [6, 6.07) is 0. The fourth-order valence-electron chi connectivity index (χ4n) is 10.8. The molecule has 0 fully saturated rings. The van der Waals surface area contributed by atoms with Gasteiger partial charge in [0.05, 0.1) is 26.4 Å². The number of phosphoric acid groups is 2. The van der Waals surface area contributed by atoms with E-state index >= 15 is 0 Å². The minimum absolute atomic E-state index is 0.104. The molecule has 0 aromatic carbocycles. The van der Waals surface area contributed by atoms with Crippen molar-refractivity contribution in [3.8, 4) is 0 Å². The lowest BCUT2D eigenvalue weighted by Crippen LogP contribution is -2.30. The van der Waals surface area contributed by atoms with Crippen molar-refractivity contribution >= 4 is 39.5 Å². The van der Waals surface area contributed by atoms with Crippen molar-refractivity contribution in [1.29, 1.82) is 0 Å². The van der Waals surface area contributed by atoms with Crippen molar-refractivity contribution in [1.82, 2.24) is 0 Å². The predicted molar refractivity (Wildman–Crippen MR) is 363 cm³/mol. The molecule has 0 rings (SSSR count). The Balaban J connectivity index is 5.10. The number of phosphoric ester groups is 2. The average molecular weight is 1330 g/mol. The van der Waals surface area contributed by atoms with Crippen LogP contribution in [0.25, 0.3) is 0 Å². The first-order chi connectivity index (χ1) is 43.4. The van der Waals surface area contributed by atoms with Gasteiger partial charge in [-0.15, -0.1) is 0 Å². The Hall–Kier alpha value is -1.94. The van der Waals surface area contributed by atoms with Crippen LogP contribution in [-0.4, -0.2) is 96.7 Å². The van der Waals surface area contributed by atoms with Crippen LogP contribution in [0.5, 0.6) is 0 Å². The highest BCUT2D eigenvalue weighted by Crippen LogP contribution is 2.45. The zero-order valence-electron chi connectivity index (χ0n) is 58.4. The molecule has 0 aliphatic heterocycles. The number of carbonyl (C=O) groups is 4. The summed E-state index contributed by atoms with van der Waals surface area (Å²) < 4.78 is 68.0. The Morgan fingerprint density at radius 2 is 0.511 bits per heavy atom. The first-order valence-corrected chi connectivity index (χ1v) is 40.0. The minimum Gasteiger partial charge on any atom is -0.462 e. The molecule has 0 heterocycles. The van der Waals surface area contributed by atoms with Gasteiger partial charge in [-0.1, -0.05) is 311 Å². The van der Waals surface area contributed by atoms with Crippen molar-refractivity contribution < 1.29 is 80.2 Å². The van der Waals surface area contributed by atoms with Crippen molar-refractivity contribution in [3.05, 3.63) is 0 Å². The largest absolute Gasteiger partial charge is 0.472 e. The van der Waals surface area contributed by atoms with Crippen LogP contribution < -0.4 is 0 Å². The molecule has 0 radical (unpaired) electrons. The summed E-state index contributed by atoms with van der Waals surface area (Å²) in [4.78, 5) is 72.2. The van der Waals surface area contributed by atoms with Crippen LogP contribution in [0.4, 0.5) is 0 Å². The van der Waals surface area contributed by atoms with Gasteiger partial charge in [-0.3, -0.25) is 37.3 Å². The zero-order valence-corrected chi connectivity index (χ0v) is 60.2. The summed E-state index contributed by atoms with van der Waals surface area (Å²) in [5, 5.41) is 10.5. The van der Waals surface area contributed by atoms with Crippen molar-refractivity contribution in [2.24, 2.45) is 11.8 Å². The van der Waals surface area contributed by atoms with Gasteiger partial charge in [0.1, 0.15) is 19.3 Å². The second-order valence-corrected chi connectivity index (χ2v) is 29.5. The number of hydrogen-bond donors (Lipinski definition) is 3. The van der Waals surface area contributed by atoms with Gasteiger partial charge in [0, 0.05) is 25.7 Å². The van der Waals surface area contributed by atoms with E-state index in [4.69, 9.17) is 37.0 Å². The second-order valence-electron chi connectivity index (χ2n) is 26.6. The van der Waals surface area contributed by atoms with Gasteiger partial charge >= 0.3 is 39.5 Å². The fourth-order valence-corrected chi connectivity index (χ4v) is 12.3. The van der Waals surface area contributed by atoms with Crippen LogP contribution >= 0.6 is 15.6 Å². The monoisotopic (exact) mass is 1320 g/mol. The van der Waals surface area contributed by atoms with Gasteiger partial charge in [-0.05, 0) is 37.5 Å². The molecule has 0 saturated heterocycles. The van der Waals surface area contributed by atoms with E-state index in [-0.39, 0.29) is 25.7 Å². The van der Waals surface area contributed by atoms with Crippen LogP contribution in [0, 0.1) is 11.8 Å². The Bertz CT molecular complexity index is 1750. The summed E-state index contributed by atoms with van der Waals surface area (Å²) in [5.74, 6) is -0.526. The molecule has 3 N–H and O–H groups in total. The third-order valence-corrected chi connectivity index (χ3v) is 18.4. The standard InChI is InChI=1S/C71H138O17P2/c1-7-9-11-13-14-36-43-49-55-70(75)87-66(59-81-68(73)53-47-39-12-10-8-2)61-85-89(77,78)83-57-65(72)58-84-90(79,80)86-62-67(60-82-69(74)54-48-42-37-32-28-25-21-23-27-31-35-41-46-52-64(5)6)88-71(76)56-50-44-38-33-29-24-20-18-16-15-17-19-22-26-30-34-40-45-51-63(3)4/h63-67,72H,7-62H2,1-6H3,(H,77,78)(H,79,80)/t65-,66+,67+/m0/s1. The van der Waals surface area contributed by atoms with Crippen LogP contribution in [0.2, 0.25) is 0 Å². The summed E-state index contributed by atoms with van der Waals surface area (Å²) in [6.45, 7) is 9.49. The maximum absolute atomic E-state index is 13.0. The van der Waals surface area contributed by atoms with Crippen LogP contribution in [0.15, 0.2) is 0 Å². The smallest absolute Gasteiger partial charge is 0.462 e. The molecular formula is C71H138O17P2. The Labute approximate surface area is 549 Å². The van der Waals surface area contributed by atoms with E-state index in [0.717, 1.165) is 115 Å². The Morgan fingerprint density at radius 3 is 0.756 bits per heavy atom. The molecule has 0 aliphatic rings. The van der Waals surface area contributed by atoms with Gasteiger partial charge in [0.15, 0.2) is 12.2 Å². The van der Waals surface area contributed by atoms with E-state index in [0.29, 0.717) is 25.7 Å². The molecule has 19 heteroatoms. The summed E-state index contributed by atoms with van der Waals surface area (Å²) in [5.41, 5.74) is 0. The molecule has 0 spiro atoms. The highest BCUT2D eigenvalue weighted by Gasteiger charge is 2.30. The highest BCUT2D eigenvalue weighted by molar-refractivity contribution is 7.47. The minimum atomic E-state index is -4.95. The maximum atomic E-state index is 13.0. The quantitative estimate of drug-likeness (QED) is 0.0222. The molecule has 0 aliphatic carbocycles. The lowest BCUT2D eigenvalue weighted by molar-refractivity contribution is -0.161. The van der Waals surface area contributed by atoms with E-state index in [2.05, 4.69) is 41.5 Å². The lowest BCUT2D eigenvalue weighted by atomic mass is 10.0. The Kier molecular flexibility index (Phi) is 61.8. The first-order valence-electron chi connectivity index (χ1n) is 37.0. The van der Waals surface area contributed by atoms with Crippen LogP contribution in [-0.2, 0) is 65.4 Å². The van der Waals surface area contributed by atoms with Crippen LogP contribution in [0.1, 0.15) is 363 Å². The molecule has 0 aromatic rings. The van der Waals surface area contributed by atoms with Crippen LogP contribution in [0.3, 0.4) is 0 Å². The number of carbonyl (C=O) groups excluding carboxylic acids is 4. The number of rotatable bonds is 70. The van der Waals surface area contributed by atoms with Gasteiger partial charge in [-0.25, -0.2) is 9.13 Å². The first kappa shape index (κ1) is 88.1. The SMILES string of the molecule is CCCCCCCCCCC(=O)O[C@H](COC(=O)CCCCCCC)COP(=O)(O)OC[C@H](O)COP(=O)(O)OC[C@@H](COC(=O)CCCCCCCCCCCCCCCC(C)C)OC(=O)CCCCCCCCCCCCCCCCCCCCC(C)C. The number of unbranched alkanes of at least 4 members (excludes halogenated alkanes) is 40. The topological polar surface area (TPSA) is 237 Å². The van der Waals surface area contributed by atoms with Gasteiger partial charge in [0.2, 0.25) is 0 Å². The number of ether oxygens (including phenoxy) is 4. The van der Waals surface area contributed by atoms with Crippen molar-refractivity contribution in [2.45, 2.75) is 381 Å². The number of esters is 4. The van der Waals surface area contributed by atoms with E-state index in [1.54, 1.807) is 0 Å². The maximum Gasteiger partial charge on any atom is 0.472 e. The second kappa shape index (κ2) is 63.1. The normalized spacial score (nSPS) is 14.1. The molecule has 534 valence electrons. The van der Waals surface area contributed by atoms with Gasteiger partial charge in [-0.2, -0.15) is 0 Å². The molecule has 2 unspecified atom stereocenters. The number of hydrogen-bond acceptors (Lipinski definition) is 15. The van der Waals surface area contributed by atoms with Gasteiger partial charge < -0.3 is 33.8 Å². The number of aliphatic hydroxyl groups excluding tert-OH is 1. The fraction of sp³-hybridized carbons (Fsp3) is 0.944. The van der Waals surface area contributed by atoms with E-state index in [1.807, 2.05) is 0 Å². The molecule has 0 amide bonds. The average Bonchev–Trinajstić information content (AvgIpc) is 3.66. The summed E-state index contributed by atoms with van der Waals surface area (Å²) >= 11 is 0. The summed E-state index contributed by atoms with van der Waals surface area (Å²) in [7, 11) is -9.89. The van der Waals surface area contributed by atoms with E-state index in [9.17, 15) is 43.2 Å². The molecule has 0 aromatic heterocycles. The molecule has 5 atom stereocenters. The Morgan fingerprint density at radius 1 is 0.300 bits per heavy atom. The van der Waals surface area contributed by atoms with E-state index < -0.39 is 97.5 Å². The predicted octanol–water partition coefficient (Wildman–Crippen LogP) is 20.4. The summed E-state index contributed by atoms with van der Waals surface area (Å²) in [6.07, 6.45) is 49.2. The lowest BCUT2D eigenvalue weighted by Gasteiger charge is -2.21. The molecule has 90 heavy (non-hydrogen) atoms. The highest BCUT2D eigenvalue weighted by atomic mass is 31.2.